The van der Waals surface area contributed by atoms with Gasteiger partial charge in [0.25, 0.3) is 0 Å². The highest BCUT2D eigenvalue weighted by Crippen LogP contribution is 2.29. The van der Waals surface area contributed by atoms with Gasteiger partial charge in [-0.2, -0.15) is 0 Å². The molecule has 0 spiro atoms. The molecule has 2 rings (SSSR count). The monoisotopic (exact) mass is 304 g/mol. The zero-order chi connectivity index (χ0) is 15.4. The van der Waals surface area contributed by atoms with E-state index in [9.17, 15) is 4.79 Å². The van der Waals surface area contributed by atoms with Crippen LogP contribution in [0.1, 0.15) is 25.2 Å². The molecule has 0 bridgehead atoms. The van der Waals surface area contributed by atoms with E-state index in [4.69, 9.17) is 4.52 Å². The molecule has 0 fully saturated rings. The fourth-order valence-electron chi connectivity index (χ4n) is 1.95. The summed E-state index contributed by atoms with van der Waals surface area (Å²) in [6.45, 7) is 7.93. The molecule has 0 aliphatic heterocycles. The Labute approximate surface area is 129 Å². The Bertz CT molecular complexity index is 622. The molecule has 0 saturated heterocycles. The fraction of sp³-hybridized carbons (Fsp3) is 0.375. The molecule has 0 aliphatic carbocycles. The van der Waals surface area contributed by atoms with E-state index in [2.05, 4.69) is 16.5 Å². The molecule has 1 N–H and O–H groups in total. The zero-order valence-electron chi connectivity index (χ0n) is 12.7. The van der Waals surface area contributed by atoms with E-state index < -0.39 is 0 Å². The molecule has 1 amide bonds. The summed E-state index contributed by atoms with van der Waals surface area (Å²) in [4.78, 5) is 13.5. The molecule has 1 aromatic carbocycles. The number of carbonyl (C=O) groups is 1. The number of hydrogen-bond donors (Lipinski definition) is 1. The summed E-state index contributed by atoms with van der Waals surface area (Å²) < 4.78 is 4.97. The van der Waals surface area contributed by atoms with Gasteiger partial charge in [-0.15, -0.1) is 11.8 Å². The maximum atomic E-state index is 12.4. The third-order valence-electron chi connectivity index (χ3n) is 3.00. The maximum Gasteiger partial charge on any atom is 0.239 e. The Morgan fingerprint density at radius 2 is 2.05 bits per heavy atom. The van der Waals surface area contributed by atoms with Gasteiger partial charge in [0.1, 0.15) is 5.76 Å². The first-order chi connectivity index (χ1) is 9.95. The average molecular weight is 304 g/mol. The van der Waals surface area contributed by atoms with Gasteiger partial charge < -0.3 is 9.84 Å². The van der Waals surface area contributed by atoms with Gasteiger partial charge in [0, 0.05) is 11.0 Å². The summed E-state index contributed by atoms with van der Waals surface area (Å²) in [5.41, 5.74) is 1.19. The van der Waals surface area contributed by atoms with Crippen LogP contribution in [-0.2, 0) is 4.79 Å². The first-order valence-electron chi connectivity index (χ1n) is 6.93. The standard InChI is InChI=1S/C16H20N2O2S/c1-10(2)15(21-13-7-5-6-11(3)8-13)16(19)17-14-9-12(4)20-18-14/h5-10,15H,1-4H3,(H,17,18,19). The number of benzene rings is 1. The molecule has 2 aromatic rings. The van der Waals surface area contributed by atoms with E-state index in [0.29, 0.717) is 11.6 Å². The summed E-state index contributed by atoms with van der Waals surface area (Å²) in [7, 11) is 0. The van der Waals surface area contributed by atoms with E-state index in [1.165, 1.54) is 5.56 Å². The van der Waals surface area contributed by atoms with E-state index in [0.717, 1.165) is 4.90 Å². The van der Waals surface area contributed by atoms with E-state index in [1.54, 1.807) is 24.8 Å². The van der Waals surface area contributed by atoms with Crippen molar-refractivity contribution in [2.24, 2.45) is 5.92 Å². The summed E-state index contributed by atoms with van der Waals surface area (Å²) in [6.07, 6.45) is 0. The van der Waals surface area contributed by atoms with Crippen molar-refractivity contribution in [2.45, 2.75) is 37.8 Å². The number of carbonyl (C=O) groups excluding carboxylic acids is 1. The largest absolute Gasteiger partial charge is 0.360 e. The van der Waals surface area contributed by atoms with Gasteiger partial charge in [0.05, 0.1) is 5.25 Å². The quantitative estimate of drug-likeness (QED) is 0.847. The van der Waals surface area contributed by atoms with Crippen molar-refractivity contribution >= 4 is 23.5 Å². The predicted octanol–water partition coefficient (Wildman–Crippen LogP) is 4.05. The minimum atomic E-state index is -0.177. The van der Waals surface area contributed by atoms with Gasteiger partial charge in [-0.1, -0.05) is 36.7 Å². The van der Waals surface area contributed by atoms with Crippen LogP contribution in [0.25, 0.3) is 0 Å². The second-order valence-electron chi connectivity index (χ2n) is 5.41. The molecular weight excluding hydrogens is 284 g/mol. The van der Waals surface area contributed by atoms with Crippen LogP contribution >= 0.6 is 11.8 Å². The highest BCUT2D eigenvalue weighted by molar-refractivity contribution is 8.00. The summed E-state index contributed by atoms with van der Waals surface area (Å²) >= 11 is 1.57. The highest BCUT2D eigenvalue weighted by Gasteiger charge is 2.24. The minimum Gasteiger partial charge on any atom is -0.360 e. The summed E-state index contributed by atoms with van der Waals surface area (Å²) in [5, 5.41) is 6.44. The van der Waals surface area contributed by atoms with Crippen molar-refractivity contribution < 1.29 is 9.32 Å². The fourth-order valence-corrected chi connectivity index (χ4v) is 3.09. The summed E-state index contributed by atoms with van der Waals surface area (Å²) in [6, 6.07) is 9.89. The Morgan fingerprint density at radius 3 is 2.62 bits per heavy atom. The maximum absolute atomic E-state index is 12.4. The van der Waals surface area contributed by atoms with Crippen LogP contribution in [0.3, 0.4) is 0 Å². The van der Waals surface area contributed by atoms with E-state index in [1.807, 2.05) is 39.0 Å². The molecule has 0 saturated carbocycles. The lowest BCUT2D eigenvalue weighted by atomic mass is 10.1. The van der Waals surface area contributed by atoms with Gasteiger partial charge in [0.15, 0.2) is 5.82 Å². The molecule has 1 atom stereocenters. The lowest BCUT2D eigenvalue weighted by Crippen LogP contribution is -2.29. The van der Waals surface area contributed by atoms with Crippen LogP contribution < -0.4 is 5.32 Å². The topological polar surface area (TPSA) is 55.1 Å². The van der Waals surface area contributed by atoms with Crippen molar-refractivity contribution in [3.05, 3.63) is 41.7 Å². The SMILES string of the molecule is Cc1cccc(SC(C(=O)Nc2cc(C)on2)C(C)C)c1. The van der Waals surface area contributed by atoms with Crippen molar-refractivity contribution in [3.63, 3.8) is 0 Å². The molecule has 112 valence electrons. The number of thioether (sulfide) groups is 1. The smallest absolute Gasteiger partial charge is 0.239 e. The second-order valence-corrected chi connectivity index (χ2v) is 6.63. The number of rotatable bonds is 5. The lowest BCUT2D eigenvalue weighted by Gasteiger charge is -2.19. The van der Waals surface area contributed by atoms with Gasteiger partial charge in [-0.05, 0) is 31.9 Å². The molecule has 1 aromatic heterocycles. The van der Waals surface area contributed by atoms with Crippen LogP contribution in [0.15, 0.2) is 39.8 Å². The Balaban J connectivity index is 2.09. The molecule has 1 unspecified atom stereocenters. The molecule has 1 heterocycles. The van der Waals surface area contributed by atoms with Crippen molar-refractivity contribution in [1.29, 1.82) is 0 Å². The van der Waals surface area contributed by atoms with Crippen LogP contribution in [0.4, 0.5) is 5.82 Å². The normalized spacial score (nSPS) is 12.4. The minimum absolute atomic E-state index is 0.0511. The van der Waals surface area contributed by atoms with Crippen LogP contribution in [0, 0.1) is 19.8 Å². The molecular formula is C16H20N2O2S. The molecule has 0 aliphatic rings. The number of aryl methyl sites for hydroxylation is 2. The number of anilines is 1. The van der Waals surface area contributed by atoms with Gasteiger partial charge in [-0.25, -0.2) is 0 Å². The number of amides is 1. The van der Waals surface area contributed by atoms with E-state index >= 15 is 0 Å². The number of nitrogens with zero attached hydrogens (tertiary/aromatic N) is 1. The predicted molar refractivity (Wildman–Crippen MR) is 85.5 cm³/mol. The Hall–Kier alpha value is -1.75. The van der Waals surface area contributed by atoms with Crippen molar-refractivity contribution in [3.8, 4) is 0 Å². The Kier molecular flexibility index (Phi) is 5.07. The molecule has 5 heteroatoms. The van der Waals surface area contributed by atoms with Crippen LogP contribution in [0.2, 0.25) is 0 Å². The number of aromatic nitrogens is 1. The van der Waals surface area contributed by atoms with Gasteiger partial charge in [-0.3, -0.25) is 4.79 Å². The lowest BCUT2D eigenvalue weighted by molar-refractivity contribution is -0.116. The first-order valence-corrected chi connectivity index (χ1v) is 7.81. The molecule has 21 heavy (non-hydrogen) atoms. The number of nitrogens with one attached hydrogen (secondary N) is 1. The third kappa shape index (κ3) is 4.36. The van der Waals surface area contributed by atoms with Crippen LogP contribution in [0.5, 0.6) is 0 Å². The highest BCUT2D eigenvalue weighted by atomic mass is 32.2. The average Bonchev–Trinajstić information content (AvgIpc) is 2.81. The van der Waals surface area contributed by atoms with Crippen molar-refractivity contribution in [1.82, 2.24) is 5.16 Å². The van der Waals surface area contributed by atoms with Gasteiger partial charge >= 0.3 is 0 Å². The first kappa shape index (κ1) is 15.6. The Morgan fingerprint density at radius 1 is 1.29 bits per heavy atom. The summed E-state index contributed by atoms with van der Waals surface area (Å²) in [5.74, 6) is 1.30. The number of hydrogen-bond acceptors (Lipinski definition) is 4. The van der Waals surface area contributed by atoms with Crippen molar-refractivity contribution in [2.75, 3.05) is 5.32 Å². The molecule has 0 radical (unpaired) electrons. The third-order valence-corrected chi connectivity index (χ3v) is 4.53. The van der Waals surface area contributed by atoms with Crippen LogP contribution in [-0.4, -0.2) is 16.3 Å². The molecule has 4 nitrogen and oxygen atoms in total. The second kappa shape index (κ2) is 6.80. The zero-order valence-corrected chi connectivity index (χ0v) is 13.5. The van der Waals surface area contributed by atoms with Gasteiger partial charge in [0.2, 0.25) is 5.91 Å². The van der Waals surface area contributed by atoms with E-state index in [-0.39, 0.29) is 17.1 Å².